The number of urea groups is 1. The SMILES string of the molecule is COc1cc(NC(=O)NC(CN2CCCC2)c2ccccc2)ccc1N1CCCC1=O. The second-order valence-corrected chi connectivity index (χ2v) is 8.11. The largest absolute Gasteiger partial charge is 0.494 e. The molecule has 0 spiro atoms. The van der Waals surface area contributed by atoms with E-state index in [1.807, 2.05) is 36.4 Å². The van der Waals surface area contributed by atoms with Gasteiger partial charge in [-0.1, -0.05) is 30.3 Å². The number of hydrogen-bond acceptors (Lipinski definition) is 4. The van der Waals surface area contributed by atoms with Gasteiger partial charge in [0.2, 0.25) is 5.91 Å². The molecule has 2 aromatic carbocycles. The highest BCUT2D eigenvalue weighted by Crippen LogP contribution is 2.33. The Balaban J connectivity index is 1.45. The summed E-state index contributed by atoms with van der Waals surface area (Å²) < 4.78 is 5.50. The van der Waals surface area contributed by atoms with Gasteiger partial charge >= 0.3 is 6.03 Å². The molecule has 2 N–H and O–H groups in total. The fourth-order valence-corrected chi connectivity index (χ4v) is 4.35. The Morgan fingerprint density at radius 1 is 1.06 bits per heavy atom. The van der Waals surface area contributed by atoms with Crippen molar-refractivity contribution < 1.29 is 14.3 Å². The standard InChI is InChI=1S/C24H30N4O3/c1-31-22-16-19(11-12-21(22)28-15-7-10-23(28)29)25-24(30)26-20(17-27-13-5-6-14-27)18-8-3-2-4-9-18/h2-4,8-9,11-12,16,20H,5-7,10,13-15,17H2,1H3,(H2,25,26,30). The summed E-state index contributed by atoms with van der Waals surface area (Å²) in [7, 11) is 1.57. The molecule has 2 aliphatic heterocycles. The third kappa shape index (κ3) is 5.17. The van der Waals surface area contributed by atoms with Crippen molar-refractivity contribution in [1.82, 2.24) is 10.2 Å². The van der Waals surface area contributed by atoms with Crippen LogP contribution in [0.5, 0.6) is 5.75 Å². The molecule has 2 aliphatic rings. The summed E-state index contributed by atoms with van der Waals surface area (Å²) in [6.07, 6.45) is 3.82. The number of nitrogens with one attached hydrogen (secondary N) is 2. The average molecular weight is 423 g/mol. The molecule has 7 heteroatoms. The minimum atomic E-state index is -0.264. The molecule has 1 unspecified atom stereocenters. The smallest absolute Gasteiger partial charge is 0.319 e. The molecule has 0 radical (unpaired) electrons. The number of carbonyl (C=O) groups is 2. The van der Waals surface area contributed by atoms with Crippen LogP contribution in [0.4, 0.5) is 16.2 Å². The monoisotopic (exact) mass is 422 g/mol. The molecule has 0 aromatic heterocycles. The maximum atomic E-state index is 12.8. The van der Waals surface area contributed by atoms with Gasteiger partial charge in [-0.3, -0.25) is 4.79 Å². The van der Waals surface area contributed by atoms with E-state index in [9.17, 15) is 9.59 Å². The number of benzene rings is 2. The van der Waals surface area contributed by atoms with Crippen LogP contribution in [-0.4, -0.2) is 50.1 Å². The molecule has 0 bridgehead atoms. The van der Waals surface area contributed by atoms with Crippen LogP contribution in [0.3, 0.4) is 0 Å². The molecule has 7 nitrogen and oxygen atoms in total. The first-order valence-corrected chi connectivity index (χ1v) is 11.0. The summed E-state index contributed by atoms with van der Waals surface area (Å²) in [5, 5.41) is 6.04. The third-order valence-corrected chi connectivity index (χ3v) is 5.95. The Bertz CT molecular complexity index is 912. The number of likely N-dealkylation sites (tertiary alicyclic amines) is 1. The maximum Gasteiger partial charge on any atom is 0.319 e. The summed E-state index contributed by atoms with van der Waals surface area (Å²) in [5.74, 6) is 0.675. The molecule has 2 saturated heterocycles. The second-order valence-electron chi connectivity index (χ2n) is 8.11. The number of anilines is 2. The summed E-state index contributed by atoms with van der Waals surface area (Å²) >= 11 is 0. The minimum absolute atomic E-state index is 0.0947. The molecule has 0 aliphatic carbocycles. The first kappa shape index (κ1) is 21.2. The van der Waals surface area contributed by atoms with Crippen molar-refractivity contribution >= 4 is 23.3 Å². The van der Waals surface area contributed by atoms with Gasteiger partial charge in [-0.25, -0.2) is 4.79 Å². The molecule has 2 fully saturated rings. The molecule has 3 amide bonds. The number of methoxy groups -OCH3 is 1. The van der Waals surface area contributed by atoms with Gasteiger partial charge < -0.3 is 25.2 Å². The third-order valence-electron chi connectivity index (χ3n) is 5.95. The molecule has 31 heavy (non-hydrogen) atoms. The Labute approximate surface area is 183 Å². The van der Waals surface area contributed by atoms with Crippen molar-refractivity contribution in [3.8, 4) is 5.75 Å². The average Bonchev–Trinajstić information content (AvgIpc) is 3.45. The van der Waals surface area contributed by atoms with E-state index >= 15 is 0 Å². The van der Waals surface area contributed by atoms with E-state index in [1.165, 1.54) is 12.8 Å². The van der Waals surface area contributed by atoms with Crippen LogP contribution in [0.2, 0.25) is 0 Å². The maximum absolute atomic E-state index is 12.8. The van der Waals surface area contributed by atoms with Crippen LogP contribution in [-0.2, 0) is 4.79 Å². The molecular formula is C24H30N4O3. The number of amides is 3. The number of carbonyl (C=O) groups excluding carboxylic acids is 2. The molecule has 0 saturated carbocycles. The zero-order valence-corrected chi connectivity index (χ0v) is 18.0. The van der Waals surface area contributed by atoms with E-state index in [2.05, 4.69) is 15.5 Å². The lowest BCUT2D eigenvalue weighted by Crippen LogP contribution is -2.39. The Hall–Kier alpha value is -3.06. The predicted octanol–water partition coefficient (Wildman–Crippen LogP) is 3.78. The Kier molecular flexibility index (Phi) is 6.72. The number of ether oxygens (including phenoxy) is 1. The lowest BCUT2D eigenvalue weighted by atomic mass is 10.1. The van der Waals surface area contributed by atoms with Gasteiger partial charge in [0.25, 0.3) is 0 Å². The molecule has 1 atom stereocenters. The topological polar surface area (TPSA) is 73.9 Å². The van der Waals surface area contributed by atoms with Gasteiger partial charge in [0, 0.05) is 31.3 Å². The molecule has 164 valence electrons. The summed E-state index contributed by atoms with van der Waals surface area (Å²) in [6.45, 7) is 3.62. The van der Waals surface area contributed by atoms with Crippen molar-refractivity contribution in [3.05, 3.63) is 54.1 Å². The zero-order chi connectivity index (χ0) is 21.6. The van der Waals surface area contributed by atoms with E-state index in [4.69, 9.17) is 4.74 Å². The molecule has 2 aromatic rings. The summed E-state index contributed by atoms with van der Waals surface area (Å²) in [5.41, 5.74) is 2.45. The Morgan fingerprint density at radius 2 is 1.84 bits per heavy atom. The van der Waals surface area contributed by atoms with Crippen molar-refractivity contribution in [2.24, 2.45) is 0 Å². The van der Waals surface area contributed by atoms with Gasteiger partial charge in [0.15, 0.2) is 0 Å². The van der Waals surface area contributed by atoms with Crippen LogP contribution < -0.4 is 20.3 Å². The highest BCUT2D eigenvalue weighted by atomic mass is 16.5. The van der Waals surface area contributed by atoms with Crippen molar-refractivity contribution in [2.75, 3.05) is 43.5 Å². The van der Waals surface area contributed by atoms with Crippen LogP contribution in [0.25, 0.3) is 0 Å². The fraction of sp³-hybridized carbons (Fsp3) is 0.417. The van der Waals surface area contributed by atoms with E-state index < -0.39 is 0 Å². The van der Waals surface area contributed by atoms with E-state index in [1.54, 1.807) is 24.1 Å². The van der Waals surface area contributed by atoms with Crippen LogP contribution >= 0.6 is 0 Å². The second kappa shape index (κ2) is 9.83. The van der Waals surface area contributed by atoms with Crippen LogP contribution in [0.15, 0.2) is 48.5 Å². The predicted molar refractivity (Wildman–Crippen MR) is 122 cm³/mol. The summed E-state index contributed by atoms with van der Waals surface area (Å²) in [6, 6.07) is 15.1. The van der Waals surface area contributed by atoms with Gasteiger partial charge in [-0.05, 0) is 50.0 Å². The molecule has 2 heterocycles. The summed E-state index contributed by atoms with van der Waals surface area (Å²) in [4.78, 5) is 29.0. The normalized spacial score (nSPS) is 17.6. The van der Waals surface area contributed by atoms with Gasteiger partial charge in [0.1, 0.15) is 5.75 Å². The van der Waals surface area contributed by atoms with Gasteiger partial charge in [-0.2, -0.15) is 0 Å². The molecular weight excluding hydrogens is 392 g/mol. The van der Waals surface area contributed by atoms with Crippen molar-refractivity contribution in [2.45, 2.75) is 31.7 Å². The van der Waals surface area contributed by atoms with E-state index in [0.29, 0.717) is 24.4 Å². The van der Waals surface area contributed by atoms with Crippen LogP contribution in [0.1, 0.15) is 37.3 Å². The van der Waals surface area contributed by atoms with Crippen molar-refractivity contribution in [3.63, 3.8) is 0 Å². The Morgan fingerprint density at radius 3 is 2.52 bits per heavy atom. The van der Waals surface area contributed by atoms with Crippen LogP contribution in [0, 0.1) is 0 Å². The van der Waals surface area contributed by atoms with E-state index in [0.717, 1.165) is 37.3 Å². The number of hydrogen-bond donors (Lipinski definition) is 2. The number of nitrogens with zero attached hydrogens (tertiary/aromatic N) is 2. The highest BCUT2D eigenvalue weighted by Gasteiger charge is 2.25. The zero-order valence-electron chi connectivity index (χ0n) is 18.0. The first-order valence-electron chi connectivity index (χ1n) is 11.0. The van der Waals surface area contributed by atoms with E-state index in [-0.39, 0.29) is 18.0 Å². The minimum Gasteiger partial charge on any atom is -0.494 e. The first-order chi connectivity index (χ1) is 15.1. The van der Waals surface area contributed by atoms with Crippen molar-refractivity contribution in [1.29, 1.82) is 0 Å². The quantitative estimate of drug-likeness (QED) is 0.712. The fourth-order valence-electron chi connectivity index (χ4n) is 4.35. The van der Waals surface area contributed by atoms with Gasteiger partial charge in [0.05, 0.1) is 18.8 Å². The lowest BCUT2D eigenvalue weighted by Gasteiger charge is -2.25. The number of rotatable bonds is 7. The highest BCUT2D eigenvalue weighted by molar-refractivity contribution is 5.97. The van der Waals surface area contributed by atoms with Gasteiger partial charge in [-0.15, -0.1) is 0 Å². The molecule has 4 rings (SSSR count). The lowest BCUT2D eigenvalue weighted by molar-refractivity contribution is -0.117.